The standard InChI is InChI=1S/C8H17NO.ClH/c1-5-6(9)8(2,3)7(5)10-4;/h5-7H,9H2,1-4H3;1H. The van der Waals surface area contributed by atoms with E-state index >= 15 is 0 Å². The third-order valence-electron chi connectivity index (χ3n) is 2.89. The number of rotatable bonds is 1. The smallest absolute Gasteiger partial charge is 0.0677 e. The molecule has 0 aromatic heterocycles. The maximum Gasteiger partial charge on any atom is 0.0677 e. The predicted molar refractivity (Wildman–Crippen MR) is 49.0 cm³/mol. The minimum absolute atomic E-state index is 0. The predicted octanol–water partition coefficient (Wildman–Crippen LogP) is 1.43. The van der Waals surface area contributed by atoms with Gasteiger partial charge in [0.15, 0.2) is 0 Å². The van der Waals surface area contributed by atoms with Crippen LogP contribution >= 0.6 is 12.4 Å². The molecule has 0 heterocycles. The topological polar surface area (TPSA) is 35.2 Å². The van der Waals surface area contributed by atoms with Gasteiger partial charge in [-0.15, -0.1) is 12.4 Å². The number of nitrogens with two attached hydrogens (primary N) is 1. The normalized spacial score (nSPS) is 40.6. The number of hydrogen-bond donors (Lipinski definition) is 1. The highest BCUT2D eigenvalue weighted by Gasteiger charge is 2.52. The van der Waals surface area contributed by atoms with Crippen LogP contribution in [-0.2, 0) is 4.74 Å². The maximum absolute atomic E-state index is 5.89. The Morgan fingerprint density at radius 3 is 2.00 bits per heavy atom. The average molecular weight is 180 g/mol. The Morgan fingerprint density at radius 2 is 1.82 bits per heavy atom. The van der Waals surface area contributed by atoms with Crippen molar-refractivity contribution in [2.24, 2.45) is 17.1 Å². The van der Waals surface area contributed by atoms with Crippen LogP contribution < -0.4 is 5.73 Å². The molecule has 1 aliphatic carbocycles. The van der Waals surface area contributed by atoms with E-state index in [0.717, 1.165) is 0 Å². The zero-order valence-corrected chi connectivity index (χ0v) is 8.44. The van der Waals surface area contributed by atoms with Gasteiger partial charge in [0.1, 0.15) is 0 Å². The lowest BCUT2D eigenvalue weighted by Crippen LogP contribution is -2.65. The molecule has 0 bridgehead atoms. The van der Waals surface area contributed by atoms with Gasteiger partial charge in [0, 0.05) is 18.6 Å². The molecule has 1 rings (SSSR count). The minimum Gasteiger partial charge on any atom is -0.381 e. The Kier molecular flexibility index (Phi) is 3.36. The van der Waals surface area contributed by atoms with Crippen LogP contribution in [0.15, 0.2) is 0 Å². The maximum atomic E-state index is 5.89. The molecule has 1 saturated carbocycles. The first-order chi connectivity index (χ1) is 4.51. The van der Waals surface area contributed by atoms with Crippen LogP contribution in [0, 0.1) is 11.3 Å². The first-order valence-electron chi connectivity index (χ1n) is 3.80. The molecule has 1 aliphatic rings. The molecule has 0 spiro atoms. The van der Waals surface area contributed by atoms with Gasteiger partial charge in [0.05, 0.1) is 6.10 Å². The van der Waals surface area contributed by atoms with Gasteiger partial charge in [-0.2, -0.15) is 0 Å². The zero-order valence-electron chi connectivity index (χ0n) is 7.63. The SMILES string of the molecule is COC1C(C)C(N)C1(C)C.Cl. The molecule has 3 atom stereocenters. The second-order valence-electron chi connectivity index (χ2n) is 3.86. The van der Waals surface area contributed by atoms with Crippen molar-refractivity contribution in [3.8, 4) is 0 Å². The summed E-state index contributed by atoms with van der Waals surface area (Å²) in [7, 11) is 1.76. The van der Waals surface area contributed by atoms with E-state index in [2.05, 4.69) is 20.8 Å². The summed E-state index contributed by atoms with van der Waals surface area (Å²) in [6.45, 7) is 6.46. The Morgan fingerprint density at radius 1 is 1.36 bits per heavy atom. The monoisotopic (exact) mass is 179 g/mol. The van der Waals surface area contributed by atoms with Crippen molar-refractivity contribution in [1.29, 1.82) is 0 Å². The fourth-order valence-electron chi connectivity index (χ4n) is 2.13. The fraction of sp³-hybridized carbons (Fsp3) is 1.00. The lowest BCUT2D eigenvalue weighted by atomic mass is 9.58. The summed E-state index contributed by atoms with van der Waals surface area (Å²) in [6.07, 6.45) is 0.350. The van der Waals surface area contributed by atoms with E-state index in [9.17, 15) is 0 Å². The summed E-state index contributed by atoms with van der Waals surface area (Å²) >= 11 is 0. The molecule has 3 unspecified atom stereocenters. The third-order valence-corrected chi connectivity index (χ3v) is 2.89. The van der Waals surface area contributed by atoms with Crippen molar-refractivity contribution in [1.82, 2.24) is 0 Å². The molecule has 0 saturated heterocycles. The highest BCUT2D eigenvalue weighted by molar-refractivity contribution is 5.85. The van der Waals surface area contributed by atoms with Gasteiger partial charge in [0.2, 0.25) is 0 Å². The molecule has 2 nitrogen and oxygen atoms in total. The number of hydrogen-bond acceptors (Lipinski definition) is 2. The largest absolute Gasteiger partial charge is 0.381 e. The fourth-order valence-corrected chi connectivity index (χ4v) is 2.13. The van der Waals surface area contributed by atoms with Crippen molar-refractivity contribution in [3.63, 3.8) is 0 Å². The minimum atomic E-state index is 0. The molecule has 68 valence electrons. The molecule has 0 amide bonds. The molecule has 2 N–H and O–H groups in total. The summed E-state index contributed by atoms with van der Waals surface area (Å²) in [6, 6.07) is 0.303. The number of ether oxygens (including phenoxy) is 1. The molecular formula is C8H18ClNO. The van der Waals surface area contributed by atoms with Crippen molar-refractivity contribution in [3.05, 3.63) is 0 Å². The molecule has 0 aromatic carbocycles. The molecule has 0 aromatic rings. The van der Waals surface area contributed by atoms with Crippen LogP contribution in [0.5, 0.6) is 0 Å². The van der Waals surface area contributed by atoms with Gasteiger partial charge in [0.25, 0.3) is 0 Å². The Hall–Kier alpha value is 0.210. The Balaban J connectivity index is 0.000001000. The third kappa shape index (κ3) is 1.40. The van der Waals surface area contributed by atoms with Gasteiger partial charge in [-0.3, -0.25) is 0 Å². The van der Waals surface area contributed by atoms with Crippen LogP contribution in [0.1, 0.15) is 20.8 Å². The molecule has 3 heteroatoms. The van der Waals surface area contributed by atoms with Crippen molar-refractivity contribution in [2.75, 3.05) is 7.11 Å². The second kappa shape index (κ2) is 3.30. The highest BCUT2D eigenvalue weighted by Crippen LogP contribution is 2.45. The van der Waals surface area contributed by atoms with E-state index in [4.69, 9.17) is 10.5 Å². The Labute approximate surface area is 74.9 Å². The van der Waals surface area contributed by atoms with E-state index in [1.54, 1.807) is 7.11 Å². The zero-order chi connectivity index (χ0) is 7.94. The van der Waals surface area contributed by atoms with Crippen molar-refractivity contribution < 1.29 is 4.74 Å². The molecule has 0 radical (unpaired) electrons. The molecule has 0 aliphatic heterocycles. The van der Waals surface area contributed by atoms with Crippen LogP contribution in [0.3, 0.4) is 0 Å². The second-order valence-corrected chi connectivity index (χ2v) is 3.86. The van der Waals surface area contributed by atoms with Gasteiger partial charge in [-0.05, 0) is 5.92 Å². The van der Waals surface area contributed by atoms with Crippen LogP contribution in [0.2, 0.25) is 0 Å². The summed E-state index contributed by atoms with van der Waals surface area (Å²) in [4.78, 5) is 0. The van der Waals surface area contributed by atoms with Gasteiger partial charge in [-0.25, -0.2) is 0 Å². The molecular weight excluding hydrogens is 162 g/mol. The number of halogens is 1. The lowest BCUT2D eigenvalue weighted by molar-refractivity contribution is -0.133. The molecule has 11 heavy (non-hydrogen) atoms. The van der Waals surface area contributed by atoms with E-state index in [1.165, 1.54) is 0 Å². The highest BCUT2D eigenvalue weighted by atomic mass is 35.5. The van der Waals surface area contributed by atoms with E-state index in [0.29, 0.717) is 18.1 Å². The van der Waals surface area contributed by atoms with Crippen LogP contribution in [0.4, 0.5) is 0 Å². The lowest BCUT2D eigenvalue weighted by Gasteiger charge is -2.54. The van der Waals surface area contributed by atoms with Gasteiger partial charge in [-0.1, -0.05) is 20.8 Å². The number of methoxy groups -OCH3 is 1. The van der Waals surface area contributed by atoms with Crippen molar-refractivity contribution in [2.45, 2.75) is 32.9 Å². The van der Waals surface area contributed by atoms with Gasteiger partial charge < -0.3 is 10.5 Å². The molecule has 1 fully saturated rings. The quantitative estimate of drug-likeness (QED) is 0.661. The van der Waals surface area contributed by atoms with E-state index in [1.807, 2.05) is 0 Å². The van der Waals surface area contributed by atoms with Crippen LogP contribution in [-0.4, -0.2) is 19.3 Å². The Bertz CT molecular complexity index is 138. The van der Waals surface area contributed by atoms with Gasteiger partial charge >= 0.3 is 0 Å². The average Bonchev–Trinajstić information content (AvgIpc) is 1.88. The first kappa shape index (κ1) is 11.2. The van der Waals surface area contributed by atoms with E-state index in [-0.39, 0.29) is 17.8 Å². The summed E-state index contributed by atoms with van der Waals surface area (Å²) < 4.78 is 5.30. The summed E-state index contributed by atoms with van der Waals surface area (Å²) in [5.41, 5.74) is 6.06. The van der Waals surface area contributed by atoms with Crippen molar-refractivity contribution >= 4 is 12.4 Å². The van der Waals surface area contributed by atoms with Crippen LogP contribution in [0.25, 0.3) is 0 Å². The summed E-state index contributed by atoms with van der Waals surface area (Å²) in [5, 5.41) is 0. The first-order valence-corrected chi connectivity index (χ1v) is 3.80. The summed E-state index contributed by atoms with van der Waals surface area (Å²) in [5.74, 6) is 0.514. The van der Waals surface area contributed by atoms with E-state index < -0.39 is 0 Å².